The highest BCUT2D eigenvalue weighted by Gasteiger charge is 2.22. The lowest BCUT2D eigenvalue weighted by molar-refractivity contribution is 0.384. The number of imidazole rings is 2. The van der Waals surface area contributed by atoms with Crippen LogP contribution >= 0.6 is 11.6 Å². The third-order valence-electron chi connectivity index (χ3n) is 5.69. The summed E-state index contributed by atoms with van der Waals surface area (Å²) in [6.45, 7) is 5.67. The van der Waals surface area contributed by atoms with Gasteiger partial charge in [0.25, 0.3) is 5.56 Å². The van der Waals surface area contributed by atoms with Crippen LogP contribution in [0.2, 0.25) is 5.02 Å². The van der Waals surface area contributed by atoms with Crippen molar-refractivity contribution in [1.29, 1.82) is 0 Å². The third-order valence-corrected chi connectivity index (χ3v) is 6.06. The molecule has 4 rings (SSSR count). The van der Waals surface area contributed by atoms with Crippen LogP contribution < -0.4 is 11.2 Å². The summed E-state index contributed by atoms with van der Waals surface area (Å²) in [6.07, 6.45) is 0. The Kier molecular flexibility index (Phi) is 5.07. The minimum absolute atomic E-state index is 0.105. The molecule has 158 valence electrons. The van der Waals surface area contributed by atoms with Gasteiger partial charge in [0.15, 0.2) is 11.2 Å². The van der Waals surface area contributed by atoms with Gasteiger partial charge in [-0.1, -0.05) is 29.8 Å². The summed E-state index contributed by atoms with van der Waals surface area (Å²) in [5.41, 5.74) is 2.71. The maximum Gasteiger partial charge on any atom is 0.332 e. The molecule has 0 saturated heterocycles. The maximum absolute atomic E-state index is 13.5. The van der Waals surface area contributed by atoms with E-state index >= 15 is 0 Å². The van der Waals surface area contributed by atoms with Crippen molar-refractivity contribution in [3.8, 4) is 0 Å². The standard InChI is InChI=1S/C21H25ClN6O2/c1-13-14(2)28-17-18(23-20(28)26(13)11-10-24(3)4)25(5)21(30)27(19(17)29)12-15-8-6-7-9-16(15)22/h6-9H,10-12H2,1-5H3. The molecule has 0 unspecified atom stereocenters. The van der Waals surface area contributed by atoms with E-state index in [-0.39, 0.29) is 12.1 Å². The first kappa shape index (κ1) is 20.4. The number of benzene rings is 1. The molecule has 0 amide bonds. The topological polar surface area (TPSA) is 69.5 Å². The molecular weight excluding hydrogens is 404 g/mol. The zero-order chi connectivity index (χ0) is 21.7. The summed E-state index contributed by atoms with van der Waals surface area (Å²) in [5, 5.41) is 0.520. The highest BCUT2D eigenvalue weighted by atomic mass is 35.5. The zero-order valence-electron chi connectivity index (χ0n) is 17.8. The summed E-state index contributed by atoms with van der Waals surface area (Å²) < 4.78 is 6.62. The number of nitrogens with zero attached hydrogens (tertiary/aromatic N) is 6. The highest BCUT2D eigenvalue weighted by molar-refractivity contribution is 6.31. The van der Waals surface area contributed by atoms with Gasteiger partial charge in [0.05, 0.1) is 6.54 Å². The number of fused-ring (bicyclic) bond motifs is 3. The van der Waals surface area contributed by atoms with Crippen LogP contribution in [0.4, 0.5) is 0 Å². The Balaban J connectivity index is 2.00. The molecule has 0 fully saturated rings. The fourth-order valence-electron chi connectivity index (χ4n) is 3.82. The lowest BCUT2D eigenvalue weighted by Gasteiger charge is -2.11. The van der Waals surface area contributed by atoms with Gasteiger partial charge in [0.1, 0.15) is 0 Å². The summed E-state index contributed by atoms with van der Waals surface area (Å²) in [4.78, 5) is 33.2. The fourth-order valence-corrected chi connectivity index (χ4v) is 4.01. The number of aromatic nitrogens is 5. The van der Waals surface area contributed by atoms with Gasteiger partial charge in [-0.25, -0.2) is 4.79 Å². The van der Waals surface area contributed by atoms with Crippen molar-refractivity contribution in [2.24, 2.45) is 7.05 Å². The Morgan fingerprint density at radius 1 is 1.07 bits per heavy atom. The average Bonchev–Trinajstić information content (AvgIpc) is 3.20. The SMILES string of the molecule is Cc1c(C)n2c3c(=O)n(Cc4ccccc4Cl)c(=O)n(C)c3nc2n1CCN(C)C. The largest absolute Gasteiger partial charge is 0.332 e. The summed E-state index contributed by atoms with van der Waals surface area (Å²) in [7, 11) is 5.68. The van der Waals surface area contributed by atoms with Crippen LogP contribution in [0.3, 0.4) is 0 Å². The maximum atomic E-state index is 13.5. The van der Waals surface area contributed by atoms with Crippen LogP contribution in [0, 0.1) is 13.8 Å². The number of aryl methyl sites for hydroxylation is 2. The Hall–Kier alpha value is -2.84. The van der Waals surface area contributed by atoms with E-state index in [1.165, 1.54) is 9.13 Å². The Morgan fingerprint density at radius 3 is 2.43 bits per heavy atom. The second-order valence-corrected chi connectivity index (χ2v) is 8.28. The normalized spacial score (nSPS) is 12.0. The van der Waals surface area contributed by atoms with E-state index in [0.29, 0.717) is 22.0 Å². The number of hydrogen-bond acceptors (Lipinski definition) is 4. The van der Waals surface area contributed by atoms with Gasteiger partial charge in [-0.15, -0.1) is 0 Å². The number of rotatable bonds is 5. The van der Waals surface area contributed by atoms with Crippen molar-refractivity contribution in [3.63, 3.8) is 0 Å². The summed E-state index contributed by atoms with van der Waals surface area (Å²) in [5.74, 6) is 0.671. The molecule has 0 bridgehead atoms. The van der Waals surface area contributed by atoms with E-state index in [1.54, 1.807) is 13.1 Å². The Morgan fingerprint density at radius 2 is 1.77 bits per heavy atom. The monoisotopic (exact) mass is 428 g/mol. The van der Waals surface area contributed by atoms with Gasteiger partial charge in [0.2, 0.25) is 5.78 Å². The van der Waals surface area contributed by atoms with Crippen LogP contribution in [-0.2, 0) is 20.1 Å². The molecule has 9 heteroatoms. The van der Waals surface area contributed by atoms with Crippen molar-refractivity contribution in [2.75, 3.05) is 20.6 Å². The first-order valence-corrected chi connectivity index (χ1v) is 10.2. The molecular formula is C21H25ClN6O2. The minimum atomic E-state index is -0.414. The van der Waals surface area contributed by atoms with Crippen LogP contribution in [0.25, 0.3) is 16.9 Å². The predicted octanol–water partition coefficient (Wildman–Crippen LogP) is 2.03. The van der Waals surface area contributed by atoms with Crippen LogP contribution in [0.15, 0.2) is 33.9 Å². The lowest BCUT2D eigenvalue weighted by atomic mass is 10.2. The second-order valence-electron chi connectivity index (χ2n) is 7.87. The van der Waals surface area contributed by atoms with E-state index in [9.17, 15) is 9.59 Å². The molecule has 0 atom stereocenters. The Labute approximate surface area is 178 Å². The Bertz CT molecular complexity index is 1390. The molecule has 0 aliphatic heterocycles. The van der Waals surface area contributed by atoms with E-state index in [4.69, 9.17) is 16.6 Å². The molecule has 0 spiro atoms. The fraction of sp³-hybridized carbons (Fsp3) is 0.381. The van der Waals surface area contributed by atoms with Gasteiger partial charge in [-0.05, 0) is 39.6 Å². The third kappa shape index (κ3) is 3.07. The molecule has 8 nitrogen and oxygen atoms in total. The molecule has 0 saturated carbocycles. The zero-order valence-corrected chi connectivity index (χ0v) is 18.6. The molecule has 0 radical (unpaired) electrons. The first-order valence-electron chi connectivity index (χ1n) is 9.78. The van der Waals surface area contributed by atoms with Crippen molar-refractivity contribution in [1.82, 2.24) is 28.0 Å². The van der Waals surface area contributed by atoms with E-state index in [2.05, 4.69) is 9.47 Å². The van der Waals surface area contributed by atoms with Gasteiger partial charge >= 0.3 is 5.69 Å². The molecule has 30 heavy (non-hydrogen) atoms. The highest BCUT2D eigenvalue weighted by Crippen LogP contribution is 2.21. The van der Waals surface area contributed by atoms with E-state index in [1.807, 2.05) is 50.5 Å². The van der Waals surface area contributed by atoms with Crippen molar-refractivity contribution in [3.05, 3.63) is 67.1 Å². The summed E-state index contributed by atoms with van der Waals surface area (Å²) in [6, 6.07) is 7.22. The van der Waals surface area contributed by atoms with Crippen molar-refractivity contribution in [2.45, 2.75) is 26.9 Å². The average molecular weight is 429 g/mol. The van der Waals surface area contributed by atoms with Gasteiger partial charge in [-0.2, -0.15) is 4.98 Å². The molecule has 4 aromatic rings. The number of halogens is 1. The van der Waals surface area contributed by atoms with E-state index < -0.39 is 5.69 Å². The van der Waals surface area contributed by atoms with Gasteiger partial charge in [-0.3, -0.25) is 18.3 Å². The van der Waals surface area contributed by atoms with Crippen LogP contribution in [0.1, 0.15) is 17.0 Å². The van der Waals surface area contributed by atoms with Crippen LogP contribution in [0.5, 0.6) is 0 Å². The first-order chi connectivity index (χ1) is 14.2. The van der Waals surface area contributed by atoms with Crippen LogP contribution in [-0.4, -0.2) is 48.6 Å². The molecule has 1 aromatic carbocycles. The second kappa shape index (κ2) is 7.45. The van der Waals surface area contributed by atoms with E-state index in [0.717, 1.165) is 30.0 Å². The smallest absolute Gasteiger partial charge is 0.313 e. The van der Waals surface area contributed by atoms with Crippen molar-refractivity contribution < 1.29 is 0 Å². The molecule has 0 aliphatic rings. The quantitative estimate of drug-likeness (QED) is 0.487. The van der Waals surface area contributed by atoms with Gasteiger partial charge < -0.3 is 9.47 Å². The predicted molar refractivity (Wildman–Crippen MR) is 119 cm³/mol. The molecule has 0 N–H and O–H groups in total. The van der Waals surface area contributed by atoms with Gasteiger partial charge in [0, 0.05) is 36.5 Å². The number of hydrogen-bond donors (Lipinski definition) is 0. The molecule has 0 aliphatic carbocycles. The summed E-state index contributed by atoms with van der Waals surface area (Å²) >= 11 is 6.27. The molecule has 3 aromatic heterocycles. The molecule has 3 heterocycles. The minimum Gasteiger partial charge on any atom is -0.313 e. The number of likely N-dealkylation sites (N-methyl/N-ethyl adjacent to an activating group) is 1. The lowest BCUT2D eigenvalue weighted by Crippen LogP contribution is -2.39. The van der Waals surface area contributed by atoms with Crippen molar-refractivity contribution >= 4 is 28.5 Å².